The number of piperidine rings is 1. The maximum atomic E-state index is 11.0. The smallest absolute Gasteiger partial charge is 0.220 e. The van der Waals surface area contributed by atoms with Crippen molar-refractivity contribution in [2.75, 3.05) is 25.4 Å². The fourth-order valence-electron chi connectivity index (χ4n) is 1.99. The van der Waals surface area contributed by atoms with Gasteiger partial charge in [0.1, 0.15) is 0 Å². The Balaban J connectivity index is 2.22. The van der Waals surface area contributed by atoms with Crippen LogP contribution in [0.3, 0.4) is 0 Å². The second-order valence-corrected chi connectivity index (χ2v) is 5.75. The van der Waals surface area contributed by atoms with Gasteiger partial charge in [-0.2, -0.15) is 0 Å². The van der Waals surface area contributed by atoms with Crippen molar-refractivity contribution in [3.05, 3.63) is 0 Å². The van der Waals surface area contributed by atoms with Gasteiger partial charge >= 0.3 is 0 Å². The summed E-state index contributed by atoms with van der Waals surface area (Å²) in [4.78, 5) is 13.5. The molecule has 4 N–H and O–H groups in total. The Labute approximate surface area is 102 Å². The topological polar surface area (TPSA) is 72.3 Å². The zero-order valence-corrected chi connectivity index (χ0v) is 10.8. The lowest BCUT2D eigenvalue weighted by atomic mass is 9.96. The Morgan fingerprint density at radius 3 is 2.62 bits per heavy atom. The molecule has 1 fully saturated rings. The van der Waals surface area contributed by atoms with E-state index >= 15 is 0 Å². The Morgan fingerprint density at radius 2 is 2.12 bits per heavy atom. The van der Waals surface area contributed by atoms with Crippen LogP contribution in [0.1, 0.15) is 26.2 Å². The maximum Gasteiger partial charge on any atom is 0.220 e. The molecule has 1 atom stereocenters. The van der Waals surface area contributed by atoms with E-state index in [0.717, 1.165) is 44.6 Å². The highest BCUT2D eigenvalue weighted by Gasteiger charge is 2.25. The quantitative estimate of drug-likeness (QED) is 0.673. The summed E-state index contributed by atoms with van der Waals surface area (Å²) in [5, 5.41) is 0.528. The number of nitrogens with zero attached hydrogens (tertiary/aromatic N) is 1. The number of rotatable bonds is 6. The molecule has 1 aliphatic rings. The van der Waals surface area contributed by atoms with Crippen molar-refractivity contribution >= 4 is 17.7 Å². The Bertz CT molecular complexity index is 217. The lowest BCUT2D eigenvalue weighted by Gasteiger charge is -2.34. The third kappa shape index (κ3) is 4.31. The summed E-state index contributed by atoms with van der Waals surface area (Å²) < 4.78 is 0. The highest BCUT2D eigenvalue weighted by atomic mass is 32.2. The minimum Gasteiger partial charge on any atom is -0.369 e. The van der Waals surface area contributed by atoms with Gasteiger partial charge in [-0.1, -0.05) is 0 Å². The highest BCUT2D eigenvalue weighted by molar-refractivity contribution is 7.99. The molecule has 0 saturated carbocycles. The van der Waals surface area contributed by atoms with E-state index in [-0.39, 0.29) is 11.8 Å². The first-order valence-corrected chi connectivity index (χ1v) is 7.05. The Hall–Kier alpha value is -0.260. The normalized spacial score (nSPS) is 20.9. The van der Waals surface area contributed by atoms with Gasteiger partial charge in [-0.3, -0.25) is 9.69 Å². The molecule has 1 unspecified atom stereocenters. The van der Waals surface area contributed by atoms with Crippen LogP contribution in [0.5, 0.6) is 0 Å². The molecule has 0 aromatic rings. The second kappa shape index (κ2) is 7.14. The summed E-state index contributed by atoms with van der Waals surface area (Å²) in [7, 11) is 0. The molecule has 16 heavy (non-hydrogen) atoms. The van der Waals surface area contributed by atoms with Crippen LogP contribution in [-0.2, 0) is 4.79 Å². The van der Waals surface area contributed by atoms with Crippen LogP contribution < -0.4 is 11.5 Å². The molecule has 0 radical (unpaired) electrons. The van der Waals surface area contributed by atoms with Gasteiger partial charge in [-0.15, -0.1) is 11.8 Å². The summed E-state index contributed by atoms with van der Waals surface area (Å²) in [6.07, 6.45) is 2.90. The molecule has 0 bridgehead atoms. The molecule has 1 rings (SSSR count). The van der Waals surface area contributed by atoms with Crippen molar-refractivity contribution in [1.82, 2.24) is 4.90 Å². The van der Waals surface area contributed by atoms with Gasteiger partial charge in [0.2, 0.25) is 5.91 Å². The molecule has 1 amide bonds. The van der Waals surface area contributed by atoms with Crippen molar-refractivity contribution in [2.24, 2.45) is 17.4 Å². The summed E-state index contributed by atoms with van der Waals surface area (Å²) in [5.41, 5.74) is 10.8. The van der Waals surface area contributed by atoms with Crippen molar-refractivity contribution in [3.8, 4) is 0 Å². The first-order chi connectivity index (χ1) is 7.65. The van der Waals surface area contributed by atoms with Crippen LogP contribution in [0, 0.1) is 5.92 Å². The zero-order chi connectivity index (χ0) is 12.0. The number of primary amides is 1. The van der Waals surface area contributed by atoms with Gasteiger partial charge in [0.25, 0.3) is 0 Å². The molecule has 0 aromatic carbocycles. The monoisotopic (exact) mass is 245 g/mol. The maximum absolute atomic E-state index is 11.0. The largest absolute Gasteiger partial charge is 0.369 e. The fraction of sp³-hybridized carbons (Fsp3) is 0.909. The molecule has 4 nitrogen and oxygen atoms in total. The van der Waals surface area contributed by atoms with E-state index in [1.807, 2.05) is 11.8 Å². The minimum atomic E-state index is -0.136. The molecule has 1 saturated heterocycles. The van der Waals surface area contributed by atoms with Crippen LogP contribution in [0.15, 0.2) is 0 Å². The summed E-state index contributed by atoms with van der Waals surface area (Å²) in [5.74, 6) is 1.08. The first kappa shape index (κ1) is 13.8. The Morgan fingerprint density at radius 1 is 1.50 bits per heavy atom. The van der Waals surface area contributed by atoms with Gasteiger partial charge in [-0.25, -0.2) is 0 Å². The lowest BCUT2D eigenvalue weighted by Crippen LogP contribution is -2.41. The van der Waals surface area contributed by atoms with Crippen molar-refractivity contribution < 1.29 is 4.79 Å². The van der Waals surface area contributed by atoms with E-state index in [4.69, 9.17) is 11.5 Å². The summed E-state index contributed by atoms with van der Waals surface area (Å²) in [6.45, 7) is 4.98. The SMILES string of the molecule is CC(SCCCN)N1CCC(C(N)=O)CC1. The summed E-state index contributed by atoms with van der Waals surface area (Å²) in [6, 6.07) is 0. The van der Waals surface area contributed by atoms with Crippen molar-refractivity contribution in [2.45, 2.75) is 31.6 Å². The van der Waals surface area contributed by atoms with Crippen molar-refractivity contribution in [1.29, 1.82) is 0 Å². The Kier molecular flexibility index (Phi) is 6.16. The average molecular weight is 245 g/mol. The fourth-order valence-corrected chi connectivity index (χ4v) is 3.09. The van der Waals surface area contributed by atoms with Crippen LogP contribution in [0.4, 0.5) is 0 Å². The molecular weight excluding hydrogens is 222 g/mol. The number of carbonyl (C=O) groups is 1. The van der Waals surface area contributed by atoms with Crippen LogP contribution >= 0.6 is 11.8 Å². The molecule has 0 aromatic heterocycles. The average Bonchev–Trinajstić information content (AvgIpc) is 2.29. The number of amides is 1. The first-order valence-electron chi connectivity index (χ1n) is 6.00. The number of likely N-dealkylation sites (tertiary alicyclic amines) is 1. The zero-order valence-electron chi connectivity index (χ0n) is 10.0. The predicted octanol–water partition coefficient (Wildman–Crippen LogP) is 0.612. The lowest BCUT2D eigenvalue weighted by molar-refractivity contribution is -0.123. The van der Waals surface area contributed by atoms with Crippen LogP contribution in [-0.4, -0.2) is 41.6 Å². The molecular formula is C11H23N3OS. The van der Waals surface area contributed by atoms with Crippen LogP contribution in [0.25, 0.3) is 0 Å². The molecule has 5 heteroatoms. The number of hydrogen-bond donors (Lipinski definition) is 2. The highest BCUT2D eigenvalue weighted by Crippen LogP contribution is 2.23. The number of thioether (sulfide) groups is 1. The van der Waals surface area contributed by atoms with E-state index in [0.29, 0.717) is 5.37 Å². The molecule has 1 heterocycles. The van der Waals surface area contributed by atoms with Gasteiger partial charge < -0.3 is 11.5 Å². The second-order valence-electron chi connectivity index (χ2n) is 4.32. The molecule has 94 valence electrons. The van der Waals surface area contributed by atoms with E-state index < -0.39 is 0 Å². The number of hydrogen-bond acceptors (Lipinski definition) is 4. The van der Waals surface area contributed by atoms with Gasteiger partial charge in [0.05, 0.1) is 5.37 Å². The standard InChI is InChI=1S/C11H23N3OS/c1-9(16-8-2-5-12)14-6-3-10(4-7-14)11(13)15/h9-10H,2-8,12H2,1H3,(H2,13,15). The molecule has 0 spiro atoms. The van der Waals surface area contributed by atoms with Crippen molar-refractivity contribution in [3.63, 3.8) is 0 Å². The number of carbonyl (C=O) groups excluding carboxylic acids is 1. The third-order valence-corrected chi connectivity index (χ3v) is 4.46. The molecule has 1 aliphatic heterocycles. The summed E-state index contributed by atoms with van der Waals surface area (Å²) >= 11 is 1.95. The van der Waals surface area contributed by atoms with E-state index in [1.54, 1.807) is 0 Å². The minimum absolute atomic E-state index is 0.0949. The number of nitrogens with two attached hydrogens (primary N) is 2. The third-order valence-electron chi connectivity index (χ3n) is 3.15. The van der Waals surface area contributed by atoms with E-state index in [1.165, 1.54) is 0 Å². The van der Waals surface area contributed by atoms with Crippen LogP contribution in [0.2, 0.25) is 0 Å². The predicted molar refractivity (Wildman–Crippen MR) is 69.1 cm³/mol. The van der Waals surface area contributed by atoms with Gasteiger partial charge in [-0.05, 0) is 51.6 Å². The van der Waals surface area contributed by atoms with Gasteiger partial charge in [0, 0.05) is 5.92 Å². The van der Waals surface area contributed by atoms with E-state index in [2.05, 4.69) is 11.8 Å². The van der Waals surface area contributed by atoms with Gasteiger partial charge in [0.15, 0.2) is 0 Å². The van der Waals surface area contributed by atoms with E-state index in [9.17, 15) is 4.79 Å². The molecule has 0 aliphatic carbocycles.